The topological polar surface area (TPSA) is 26.0 Å². The summed E-state index contributed by atoms with van der Waals surface area (Å²) in [6.07, 6.45) is 9.06. The molecule has 0 amide bonds. The molecule has 0 heterocycles. The van der Waals surface area contributed by atoms with Gasteiger partial charge in [-0.2, -0.15) is 0 Å². The fourth-order valence-electron chi connectivity index (χ4n) is 2.99. The molecule has 94 valence electrons. The molecule has 1 aliphatic carbocycles. The Balaban J connectivity index is 2.10. The van der Waals surface area contributed by atoms with Crippen LogP contribution in [0.25, 0.3) is 0 Å². The molecule has 1 atom stereocenters. The normalized spacial score (nSPS) is 19.2. The molecule has 0 bridgehead atoms. The Bertz CT molecular complexity index is 327. The van der Waals surface area contributed by atoms with Crippen molar-refractivity contribution in [1.29, 1.82) is 0 Å². The van der Waals surface area contributed by atoms with Gasteiger partial charge >= 0.3 is 0 Å². The van der Waals surface area contributed by atoms with Gasteiger partial charge in [-0.15, -0.1) is 11.8 Å². The van der Waals surface area contributed by atoms with Crippen LogP contribution in [0.3, 0.4) is 0 Å². The van der Waals surface area contributed by atoms with E-state index < -0.39 is 0 Å². The van der Waals surface area contributed by atoms with Crippen molar-refractivity contribution < 1.29 is 0 Å². The number of thioether (sulfide) groups is 1. The predicted molar refractivity (Wildman–Crippen MR) is 76.6 cm³/mol. The van der Waals surface area contributed by atoms with Crippen LogP contribution in [0, 0.1) is 5.92 Å². The third-order valence-corrected chi connectivity index (χ3v) is 4.76. The molecule has 2 heteroatoms. The minimum atomic E-state index is 0.575. The lowest BCUT2D eigenvalue weighted by atomic mass is 9.77. The standard InChI is InChI=1S/C15H23NS/c1-17-14-9-7-13(8-10-14)15(11-16)12-5-3-2-4-6-12/h7-10,12,15H,2-6,11,16H2,1H3. The average Bonchev–Trinajstić information content (AvgIpc) is 2.42. The molecule has 0 spiro atoms. The smallest absolute Gasteiger partial charge is 0.00693 e. The molecule has 0 aromatic heterocycles. The van der Waals surface area contributed by atoms with E-state index in [2.05, 4.69) is 30.5 Å². The quantitative estimate of drug-likeness (QED) is 0.815. The van der Waals surface area contributed by atoms with E-state index in [0.29, 0.717) is 5.92 Å². The SMILES string of the molecule is CSc1ccc(C(CN)C2CCCCC2)cc1. The second-order valence-corrected chi connectivity index (χ2v) is 5.89. The summed E-state index contributed by atoms with van der Waals surface area (Å²) in [5.74, 6) is 1.39. The molecule has 1 unspecified atom stereocenters. The summed E-state index contributed by atoms with van der Waals surface area (Å²) in [4.78, 5) is 1.34. The summed E-state index contributed by atoms with van der Waals surface area (Å²) in [6.45, 7) is 0.795. The highest BCUT2D eigenvalue weighted by Gasteiger charge is 2.23. The third-order valence-electron chi connectivity index (χ3n) is 4.02. The van der Waals surface area contributed by atoms with Crippen LogP contribution in [-0.4, -0.2) is 12.8 Å². The molecule has 0 aliphatic heterocycles. The van der Waals surface area contributed by atoms with Crippen molar-refractivity contribution in [1.82, 2.24) is 0 Å². The number of rotatable bonds is 4. The Kier molecular flexibility index (Phi) is 4.93. The van der Waals surface area contributed by atoms with E-state index in [-0.39, 0.29) is 0 Å². The molecule has 1 fully saturated rings. The summed E-state index contributed by atoms with van der Waals surface area (Å²) in [5, 5.41) is 0. The third kappa shape index (κ3) is 3.26. The predicted octanol–water partition coefficient (Wildman–Crippen LogP) is 4.03. The van der Waals surface area contributed by atoms with Crippen LogP contribution < -0.4 is 5.73 Å². The van der Waals surface area contributed by atoms with Crippen LogP contribution in [0.5, 0.6) is 0 Å². The first-order chi connectivity index (χ1) is 8.35. The Morgan fingerprint density at radius 1 is 1.18 bits per heavy atom. The first-order valence-corrected chi connectivity index (χ1v) is 7.91. The Morgan fingerprint density at radius 3 is 2.35 bits per heavy atom. The highest BCUT2D eigenvalue weighted by atomic mass is 32.2. The van der Waals surface area contributed by atoms with Crippen molar-refractivity contribution in [2.45, 2.75) is 42.9 Å². The molecule has 1 saturated carbocycles. The van der Waals surface area contributed by atoms with Crippen molar-refractivity contribution in [2.24, 2.45) is 11.7 Å². The first-order valence-electron chi connectivity index (χ1n) is 6.69. The van der Waals surface area contributed by atoms with Gasteiger partial charge in [-0.1, -0.05) is 31.4 Å². The maximum Gasteiger partial charge on any atom is 0.00693 e. The summed E-state index contributed by atoms with van der Waals surface area (Å²) in [7, 11) is 0. The van der Waals surface area contributed by atoms with Crippen LogP contribution in [0.4, 0.5) is 0 Å². The molecular weight excluding hydrogens is 226 g/mol. The Morgan fingerprint density at radius 2 is 1.82 bits per heavy atom. The van der Waals surface area contributed by atoms with Crippen LogP contribution in [-0.2, 0) is 0 Å². The van der Waals surface area contributed by atoms with Gasteiger partial charge in [0.25, 0.3) is 0 Å². The maximum absolute atomic E-state index is 6.00. The zero-order valence-electron chi connectivity index (χ0n) is 10.7. The Labute approximate surface area is 109 Å². The summed E-state index contributed by atoms with van der Waals surface area (Å²) >= 11 is 1.80. The van der Waals surface area contributed by atoms with Gasteiger partial charge in [0.05, 0.1) is 0 Å². The average molecular weight is 249 g/mol. The second-order valence-electron chi connectivity index (χ2n) is 5.01. The van der Waals surface area contributed by atoms with Crippen molar-refractivity contribution in [3.8, 4) is 0 Å². The van der Waals surface area contributed by atoms with Crippen molar-refractivity contribution in [3.63, 3.8) is 0 Å². The lowest BCUT2D eigenvalue weighted by Gasteiger charge is -2.29. The van der Waals surface area contributed by atoms with Crippen molar-refractivity contribution >= 4 is 11.8 Å². The van der Waals surface area contributed by atoms with Gasteiger partial charge in [-0.05, 0) is 55.2 Å². The van der Waals surface area contributed by atoms with Crippen LogP contribution in [0.2, 0.25) is 0 Å². The molecule has 0 radical (unpaired) electrons. The van der Waals surface area contributed by atoms with Crippen molar-refractivity contribution in [3.05, 3.63) is 29.8 Å². The van der Waals surface area contributed by atoms with Gasteiger partial charge in [0, 0.05) is 4.90 Å². The van der Waals surface area contributed by atoms with Crippen LogP contribution in [0.1, 0.15) is 43.6 Å². The molecule has 0 saturated heterocycles. The van der Waals surface area contributed by atoms with E-state index >= 15 is 0 Å². The molecule has 2 rings (SSSR count). The Hall–Kier alpha value is -0.470. The molecule has 1 aromatic carbocycles. The molecular formula is C15H23NS. The zero-order valence-corrected chi connectivity index (χ0v) is 11.5. The second kappa shape index (κ2) is 6.46. The minimum absolute atomic E-state index is 0.575. The summed E-state index contributed by atoms with van der Waals surface area (Å²) in [5.41, 5.74) is 7.44. The van der Waals surface area contributed by atoms with Gasteiger partial charge in [0.1, 0.15) is 0 Å². The number of nitrogens with two attached hydrogens (primary N) is 1. The van der Waals surface area contributed by atoms with Gasteiger partial charge < -0.3 is 5.73 Å². The summed E-state index contributed by atoms with van der Waals surface area (Å²) < 4.78 is 0. The first kappa shape index (κ1) is 13.0. The van der Waals surface area contributed by atoms with E-state index in [4.69, 9.17) is 5.73 Å². The molecule has 1 aliphatic rings. The van der Waals surface area contributed by atoms with E-state index in [0.717, 1.165) is 12.5 Å². The van der Waals surface area contributed by atoms with Gasteiger partial charge in [0.2, 0.25) is 0 Å². The molecule has 1 aromatic rings. The molecule has 2 N–H and O–H groups in total. The molecule has 17 heavy (non-hydrogen) atoms. The van der Waals surface area contributed by atoms with E-state index in [1.807, 2.05) is 0 Å². The van der Waals surface area contributed by atoms with Crippen molar-refractivity contribution in [2.75, 3.05) is 12.8 Å². The van der Waals surface area contributed by atoms with E-state index in [9.17, 15) is 0 Å². The van der Waals surface area contributed by atoms with Gasteiger partial charge in [-0.3, -0.25) is 0 Å². The van der Waals surface area contributed by atoms with Crippen LogP contribution >= 0.6 is 11.8 Å². The lowest BCUT2D eigenvalue weighted by Crippen LogP contribution is -2.23. The van der Waals surface area contributed by atoms with Gasteiger partial charge in [0.15, 0.2) is 0 Å². The monoisotopic (exact) mass is 249 g/mol. The lowest BCUT2D eigenvalue weighted by molar-refractivity contribution is 0.307. The number of benzene rings is 1. The highest BCUT2D eigenvalue weighted by molar-refractivity contribution is 7.98. The minimum Gasteiger partial charge on any atom is -0.330 e. The highest BCUT2D eigenvalue weighted by Crippen LogP contribution is 2.35. The largest absolute Gasteiger partial charge is 0.330 e. The maximum atomic E-state index is 6.00. The number of hydrogen-bond donors (Lipinski definition) is 1. The van der Waals surface area contributed by atoms with E-state index in [1.54, 1.807) is 11.8 Å². The fraction of sp³-hybridized carbons (Fsp3) is 0.600. The van der Waals surface area contributed by atoms with Crippen LogP contribution in [0.15, 0.2) is 29.2 Å². The van der Waals surface area contributed by atoms with Gasteiger partial charge in [-0.25, -0.2) is 0 Å². The summed E-state index contributed by atoms with van der Waals surface area (Å²) in [6, 6.07) is 9.01. The number of hydrogen-bond acceptors (Lipinski definition) is 2. The molecule has 1 nitrogen and oxygen atoms in total. The zero-order chi connectivity index (χ0) is 12.1. The van der Waals surface area contributed by atoms with E-state index in [1.165, 1.54) is 42.6 Å². The fourth-order valence-corrected chi connectivity index (χ4v) is 3.40.